The van der Waals surface area contributed by atoms with Crippen LogP contribution in [0.15, 0.2) is 29.2 Å². The number of nitrogens with one attached hydrogen (secondary N) is 1. The smallest absolute Gasteiger partial charge is 0.240 e. The number of rotatable bonds is 8. The largest absolute Gasteiger partial charge is 0.497 e. The van der Waals surface area contributed by atoms with Crippen LogP contribution in [0.3, 0.4) is 0 Å². The predicted molar refractivity (Wildman–Crippen MR) is 102 cm³/mol. The number of nitrogens with zero attached hydrogens (tertiary/aromatic N) is 2. The Morgan fingerprint density at radius 3 is 2.27 bits per heavy atom. The number of benzene rings is 1. The van der Waals surface area contributed by atoms with Crippen molar-refractivity contribution < 1.29 is 13.2 Å². The molecule has 0 saturated heterocycles. The fraction of sp³-hybridized carbons (Fsp3) is 0.474. The summed E-state index contributed by atoms with van der Waals surface area (Å²) in [6.45, 7) is 8.37. The van der Waals surface area contributed by atoms with Gasteiger partial charge >= 0.3 is 0 Å². The van der Waals surface area contributed by atoms with E-state index in [0.29, 0.717) is 12.3 Å². The van der Waals surface area contributed by atoms with E-state index in [4.69, 9.17) is 4.74 Å². The molecule has 1 heterocycles. The number of hydrogen-bond acceptors (Lipinski definition) is 5. The van der Waals surface area contributed by atoms with Gasteiger partial charge in [-0.05, 0) is 57.9 Å². The lowest BCUT2D eigenvalue weighted by Crippen LogP contribution is -2.25. The maximum Gasteiger partial charge on any atom is 0.240 e. The van der Waals surface area contributed by atoms with Gasteiger partial charge in [0, 0.05) is 12.5 Å². The zero-order valence-corrected chi connectivity index (χ0v) is 16.9. The Hall–Kier alpha value is -1.99. The minimum Gasteiger partial charge on any atom is -0.497 e. The van der Waals surface area contributed by atoms with E-state index >= 15 is 0 Å². The molecule has 1 atom stereocenters. The molecule has 0 bridgehead atoms. The van der Waals surface area contributed by atoms with Crippen molar-refractivity contribution in [2.24, 2.45) is 0 Å². The van der Waals surface area contributed by atoms with Gasteiger partial charge in [-0.2, -0.15) is 0 Å². The molecule has 2 rings (SSSR count). The van der Waals surface area contributed by atoms with Gasteiger partial charge < -0.3 is 4.74 Å². The second-order valence-electron chi connectivity index (χ2n) is 6.48. The predicted octanol–water partition coefficient (Wildman–Crippen LogP) is 3.27. The summed E-state index contributed by atoms with van der Waals surface area (Å²) in [5.41, 5.74) is 3.83. The van der Waals surface area contributed by atoms with Crippen LogP contribution in [0.4, 0.5) is 0 Å². The lowest BCUT2D eigenvalue weighted by molar-refractivity contribution is 0.414. The number of aromatic nitrogens is 2. The first-order valence-corrected chi connectivity index (χ1v) is 10.2. The lowest BCUT2D eigenvalue weighted by Gasteiger charge is -2.15. The molecule has 2 aromatic rings. The molecule has 1 aromatic carbocycles. The second-order valence-corrected chi connectivity index (χ2v) is 8.25. The van der Waals surface area contributed by atoms with Crippen molar-refractivity contribution in [2.75, 3.05) is 13.7 Å². The highest BCUT2D eigenvalue weighted by Crippen LogP contribution is 2.22. The third-order valence-corrected chi connectivity index (χ3v) is 5.94. The fourth-order valence-electron chi connectivity index (χ4n) is 2.79. The molecule has 0 spiro atoms. The number of sulfonamides is 1. The summed E-state index contributed by atoms with van der Waals surface area (Å²) in [6, 6.07) is 6.35. The minimum atomic E-state index is -3.50. The minimum absolute atomic E-state index is 0.229. The van der Waals surface area contributed by atoms with Crippen molar-refractivity contribution in [1.82, 2.24) is 14.7 Å². The summed E-state index contributed by atoms with van der Waals surface area (Å²) in [4.78, 5) is 9.42. The van der Waals surface area contributed by atoms with Gasteiger partial charge in [0.15, 0.2) is 0 Å². The lowest BCUT2D eigenvalue weighted by atomic mass is 9.99. The summed E-state index contributed by atoms with van der Waals surface area (Å²) in [5.74, 6) is 0.856. The average molecular weight is 378 g/mol. The monoisotopic (exact) mass is 377 g/mol. The topological polar surface area (TPSA) is 81.2 Å². The van der Waals surface area contributed by atoms with Crippen molar-refractivity contribution >= 4 is 10.0 Å². The average Bonchev–Trinajstić information content (AvgIpc) is 2.61. The maximum absolute atomic E-state index is 12.3. The first-order chi connectivity index (χ1) is 12.2. The Balaban J connectivity index is 1.90. The molecule has 0 fully saturated rings. The van der Waals surface area contributed by atoms with Gasteiger partial charge in [-0.25, -0.2) is 13.1 Å². The third-order valence-electron chi connectivity index (χ3n) is 4.46. The summed E-state index contributed by atoms with van der Waals surface area (Å²) >= 11 is 0. The molecule has 26 heavy (non-hydrogen) atoms. The first kappa shape index (κ1) is 20.3. The molecule has 0 aliphatic heterocycles. The zero-order chi connectivity index (χ0) is 19.3. The SMILES string of the molecule is COc1ccc(S(=O)(=O)NCCCC(C)c2nc(C)c(C)nc2C)cc1. The van der Waals surface area contributed by atoms with Crippen molar-refractivity contribution in [1.29, 1.82) is 0 Å². The van der Waals surface area contributed by atoms with Crippen LogP contribution >= 0.6 is 0 Å². The van der Waals surface area contributed by atoms with E-state index < -0.39 is 10.0 Å². The van der Waals surface area contributed by atoms with Crippen LogP contribution in [-0.2, 0) is 10.0 Å². The van der Waals surface area contributed by atoms with Crippen molar-refractivity contribution in [2.45, 2.75) is 51.3 Å². The zero-order valence-electron chi connectivity index (χ0n) is 16.0. The Morgan fingerprint density at radius 2 is 1.65 bits per heavy atom. The van der Waals surface area contributed by atoms with E-state index in [2.05, 4.69) is 21.6 Å². The number of methoxy groups -OCH3 is 1. The van der Waals surface area contributed by atoms with Crippen molar-refractivity contribution in [3.05, 3.63) is 47.0 Å². The van der Waals surface area contributed by atoms with Crippen LogP contribution in [-0.4, -0.2) is 32.0 Å². The molecule has 7 heteroatoms. The molecule has 0 aliphatic carbocycles. The van der Waals surface area contributed by atoms with E-state index in [1.54, 1.807) is 19.2 Å². The van der Waals surface area contributed by atoms with Crippen LogP contribution in [0.25, 0.3) is 0 Å². The van der Waals surface area contributed by atoms with E-state index in [1.165, 1.54) is 12.1 Å². The van der Waals surface area contributed by atoms with Crippen molar-refractivity contribution in [3.8, 4) is 5.75 Å². The van der Waals surface area contributed by atoms with Gasteiger partial charge in [-0.3, -0.25) is 9.97 Å². The standard InChI is InChI=1S/C19H27N3O3S/c1-13(19-16(4)21-14(2)15(3)22-19)7-6-12-20-26(23,24)18-10-8-17(25-5)9-11-18/h8-11,13,20H,6-7,12H2,1-5H3. The number of ether oxygens (including phenoxy) is 1. The van der Waals surface area contributed by atoms with E-state index in [0.717, 1.165) is 35.6 Å². The van der Waals surface area contributed by atoms with Crippen LogP contribution < -0.4 is 9.46 Å². The Bertz CT molecular complexity index is 849. The first-order valence-electron chi connectivity index (χ1n) is 8.70. The highest BCUT2D eigenvalue weighted by atomic mass is 32.2. The van der Waals surface area contributed by atoms with Crippen LogP contribution in [0.2, 0.25) is 0 Å². The normalized spacial score (nSPS) is 12.8. The molecular formula is C19H27N3O3S. The molecule has 1 unspecified atom stereocenters. The Labute approximate surface area is 156 Å². The highest BCUT2D eigenvalue weighted by molar-refractivity contribution is 7.89. The molecule has 0 saturated carbocycles. The number of aryl methyl sites for hydroxylation is 3. The third kappa shape index (κ3) is 5.02. The molecule has 6 nitrogen and oxygen atoms in total. The van der Waals surface area contributed by atoms with Gasteiger partial charge in [0.1, 0.15) is 5.75 Å². The summed E-state index contributed by atoms with van der Waals surface area (Å²) in [7, 11) is -1.96. The van der Waals surface area contributed by atoms with Crippen LogP contribution in [0.5, 0.6) is 5.75 Å². The number of hydrogen-bond donors (Lipinski definition) is 1. The van der Waals surface area contributed by atoms with Gasteiger partial charge in [0.05, 0.1) is 34.8 Å². The fourth-order valence-corrected chi connectivity index (χ4v) is 3.86. The van der Waals surface area contributed by atoms with Gasteiger partial charge in [-0.15, -0.1) is 0 Å². The van der Waals surface area contributed by atoms with E-state index in [-0.39, 0.29) is 10.8 Å². The van der Waals surface area contributed by atoms with Gasteiger partial charge in [0.25, 0.3) is 0 Å². The molecule has 0 aliphatic rings. The second kappa shape index (κ2) is 8.60. The summed E-state index contributed by atoms with van der Waals surface area (Å²) < 4.78 is 32.3. The molecule has 1 N–H and O–H groups in total. The quantitative estimate of drug-likeness (QED) is 0.714. The van der Waals surface area contributed by atoms with Gasteiger partial charge in [0.2, 0.25) is 10.0 Å². The highest BCUT2D eigenvalue weighted by Gasteiger charge is 2.15. The van der Waals surface area contributed by atoms with Gasteiger partial charge in [-0.1, -0.05) is 6.92 Å². The van der Waals surface area contributed by atoms with E-state index in [9.17, 15) is 8.42 Å². The maximum atomic E-state index is 12.3. The summed E-state index contributed by atoms with van der Waals surface area (Å²) in [5, 5.41) is 0. The Kier molecular flexibility index (Phi) is 6.72. The molecule has 0 amide bonds. The molecule has 1 aromatic heterocycles. The molecule has 142 valence electrons. The van der Waals surface area contributed by atoms with Crippen LogP contribution in [0, 0.1) is 20.8 Å². The van der Waals surface area contributed by atoms with E-state index in [1.807, 2.05) is 20.8 Å². The molecule has 0 radical (unpaired) electrons. The molecular weight excluding hydrogens is 350 g/mol. The Morgan fingerprint density at radius 1 is 1.04 bits per heavy atom. The van der Waals surface area contributed by atoms with Crippen molar-refractivity contribution in [3.63, 3.8) is 0 Å². The summed E-state index contributed by atoms with van der Waals surface area (Å²) in [6.07, 6.45) is 1.56. The van der Waals surface area contributed by atoms with Crippen LogP contribution in [0.1, 0.15) is 48.5 Å².